The smallest absolute Gasteiger partial charge is 0.145 e. The Hall–Kier alpha value is -2.01. The van der Waals surface area contributed by atoms with Crippen LogP contribution in [0.4, 0.5) is 5.69 Å². The monoisotopic (exact) mass is 258 g/mol. The lowest BCUT2D eigenvalue weighted by atomic mass is 9.91. The van der Waals surface area contributed by atoms with Crippen molar-refractivity contribution in [3.63, 3.8) is 0 Å². The molecule has 0 aromatic carbocycles. The highest BCUT2D eigenvalue weighted by molar-refractivity contribution is 5.89. The number of rotatable bonds is 2. The maximum atomic E-state index is 5.53. The van der Waals surface area contributed by atoms with Crippen LogP contribution in [0, 0.1) is 5.41 Å². The topological polar surface area (TPSA) is 53.2 Å². The molecule has 0 aliphatic carbocycles. The van der Waals surface area contributed by atoms with Gasteiger partial charge in [0.15, 0.2) is 0 Å². The average molecular weight is 258 g/mol. The van der Waals surface area contributed by atoms with Crippen LogP contribution in [0.25, 0.3) is 11.0 Å². The van der Waals surface area contributed by atoms with Gasteiger partial charge < -0.3 is 9.82 Å². The molecular formula is C14H18N4O. The fourth-order valence-corrected chi connectivity index (χ4v) is 2.18. The first-order valence-electron chi connectivity index (χ1n) is 6.37. The molecule has 0 unspecified atom stereocenters. The van der Waals surface area contributed by atoms with E-state index in [0.717, 1.165) is 28.9 Å². The second-order valence-corrected chi connectivity index (χ2v) is 5.97. The maximum absolute atomic E-state index is 5.53. The van der Waals surface area contributed by atoms with Gasteiger partial charge in [0.05, 0.1) is 11.9 Å². The number of fused-ring (bicyclic) bond motifs is 1. The number of aromatic nitrogens is 2. The highest BCUT2D eigenvalue weighted by Crippen LogP contribution is 2.30. The minimum atomic E-state index is 0.200. The summed E-state index contributed by atoms with van der Waals surface area (Å²) >= 11 is 0. The lowest BCUT2D eigenvalue weighted by Gasteiger charge is -2.16. The van der Waals surface area contributed by atoms with Gasteiger partial charge in [-0.05, 0) is 17.5 Å². The van der Waals surface area contributed by atoms with Crippen LogP contribution >= 0.6 is 0 Å². The van der Waals surface area contributed by atoms with Crippen LogP contribution in [-0.4, -0.2) is 9.97 Å². The molecule has 0 saturated carbocycles. The molecule has 2 aromatic rings. The fourth-order valence-electron chi connectivity index (χ4n) is 2.18. The van der Waals surface area contributed by atoms with Crippen molar-refractivity contribution in [2.75, 3.05) is 5.01 Å². The molecule has 5 heteroatoms. The summed E-state index contributed by atoms with van der Waals surface area (Å²) in [6, 6.07) is 3.97. The number of pyridine rings is 1. The minimum absolute atomic E-state index is 0.200. The molecule has 0 amide bonds. The number of hydrogen-bond donors (Lipinski definition) is 2. The van der Waals surface area contributed by atoms with Gasteiger partial charge in [-0.25, -0.2) is 9.99 Å². The number of hydrazine groups is 1. The first kappa shape index (κ1) is 12.0. The van der Waals surface area contributed by atoms with E-state index in [-0.39, 0.29) is 5.41 Å². The van der Waals surface area contributed by atoms with Gasteiger partial charge in [0.1, 0.15) is 11.4 Å². The lowest BCUT2D eigenvalue weighted by Crippen LogP contribution is -2.27. The first-order valence-corrected chi connectivity index (χ1v) is 6.37. The number of allylic oxidation sites excluding steroid dienone is 1. The number of nitrogens with one attached hydrogen (secondary N) is 2. The quantitative estimate of drug-likeness (QED) is 0.869. The molecule has 0 fully saturated rings. The summed E-state index contributed by atoms with van der Waals surface area (Å²) in [4.78, 5) is 12.9. The van der Waals surface area contributed by atoms with Gasteiger partial charge >= 0.3 is 0 Å². The van der Waals surface area contributed by atoms with Gasteiger partial charge in [-0.1, -0.05) is 26.4 Å². The van der Waals surface area contributed by atoms with E-state index in [2.05, 4.69) is 36.3 Å². The molecule has 3 rings (SSSR count). The van der Waals surface area contributed by atoms with Gasteiger partial charge in [0, 0.05) is 24.2 Å². The van der Waals surface area contributed by atoms with Crippen LogP contribution in [0.1, 0.15) is 27.2 Å². The number of hydrogen-bond acceptors (Lipinski definition) is 4. The lowest BCUT2D eigenvalue weighted by molar-refractivity contribution is 0.112. The van der Waals surface area contributed by atoms with Crippen LogP contribution in [0.3, 0.4) is 0 Å². The van der Waals surface area contributed by atoms with E-state index in [0.29, 0.717) is 0 Å². The molecule has 3 heterocycles. The highest BCUT2D eigenvalue weighted by Gasteiger charge is 2.22. The number of nitrogens with zero attached hydrogens (tertiary/aromatic N) is 2. The third kappa shape index (κ3) is 2.42. The Kier molecular flexibility index (Phi) is 2.71. The summed E-state index contributed by atoms with van der Waals surface area (Å²) < 4.78 is 0. The zero-order chi connectivity index (χ0) is 13.5. The summed E-state index contributed by atoms with van der Waals surface area (Å²) in [6.45, 7) is 6.57. The Morgan fingerprint density at radius 2 is 2.16 bits per heavy atom. The Balaban J connectivity index is 1.90. The first-order chi connectivity index (χ1) is 9.03. The molecule has 5 nitrogen and oxygen atoms in total. The van der Waals surface area contributed by atoms with E-state index in [4.69, 9.17) is 4.84 Å². The average Bonchev–Trinajstić information content (AvgIpc) is 2.94. The molecular weight excluding hydrogens is 240 g/mol. The van der Waals surface area contributed by atoms with Crippen LogP contribution in [0.5, 0.6) is 0 Å². The van der Waals surface area contributed by atoms with Crippen molar-refractivity contribution in [1.29, 1.82) is 0 Å². The summed E-state index contributed by atoms with van der Waals surface area (Å²) in [7, 11) is 0. The van der Waals surface area contributed by atoms with Crippen molar-refractivity contribution in [2.45, 2.75) is 27.2 Å². The van der Waals surface area contributed by atoms with Gasteiger partial charge in [0.25, 0.3) is 0 Å². The molecule has 1 aliphatic rings. The van der Waals surface area contributed by atoms with Gasteiger partial charge in [0.2, 0.25) is 0 Å². The fraction of sp³-hybridized carbons (Fsp3) is 0.357. The van der Waals surface area contributed by atoms with Gasteiger partial charge in [-0.2, -0.15) is 0 Å². The summed E-state index contributed by atoms with van der Waals surface area (Å²) in [5.41, 5.74) is 5.02. The SMILES string of the molecule is CC(C)(C)CC1=CN(c2ccnc3[nH]ccc23)NO1. The predicted octanol–water partition coefficient (Wildman–Crippen LogP) is 3.10. The maximum Gasteiger partial charge on any atom is 0.145 e. The molecule has 0 bridgehead atoms. The Morgan fingerprint density at radius 3 is 2.95 bits per heavy atom. The van der Waals surface area contributed by atoms with Gasteiger partial charge in [-0.3, -0.25) is 0 Å². The molecule has 19 heavy (non-hydrogen) atoms. The van der Waals surface area contributed by atoms with E-state index in [1.54, 1.807) is 6.20 Å². The molecule has 0 radical (unpaired) electrons. The van der Waals surface area contributed by atoms with E-state index in [1.807, 2.05) is 29.5 Å². The van der Waals surface area contributed by atoms with E-state index < -0.39 is 0 Å². The highest BCUT2D eigenvalue weighted by atomic mass is 16.7. The number of aromatic amines is 1. The predicted molar refractivity (Wildman–Crippen MR) is 74.9 cm³/mol. The van der Waals surface area contributed by atoms with Gasteiger partial charge in [-0.15, -0.1) is 0 Å². The van der Waals surface area contributed by atoms with Crippen LogP contribution in [0.2, 0.25) is 0 Å². The summed E-state index contributed by atoms with van der Waals surface area (Å²) in [5.74, 6) is 0.938. The van der Waals surface area contributed by atoms with Crippen molar-refractivity contribution in [3.05, 3.63) is 36.5 Å². The molecule has 100 valence electrons. The molecule has 0 saturated heterocycles. The van der Waals surface area contributed by atoms with Crippen molar-refractivity contribution < 1.29 is 4.84 Å². The van der Waals surface area contributed by atoms with E-state index in [9.17, 15) is 0 Å². The zero-order valence-corrected chi connectivity index (χ0v) is 11.4. The minimum Gasteiger partial charge on any atom is -0.392 e. The Morgan fingerprint density at radius 1 is 1.32 bits per heavy atom. The Labute approximate surface area is 112 Å². The number of anilines is 1. The second kappa shape index (κ2) is 4.28. The third-order valence-electron chi connectivity index (χ3n) is 2.95. The molecule has 2 aromatic heterocycles. The van der Waals surface area contributed by atoms with Crippen LogP contribution in [0.15, 0.2) is 36.5 Å². The van der Waals surface area contributed by atoms with Crippen LogP contribution in [-0.2, 0) is 4.84 Å². The largest absolute Gasteiger partial charge is 0.392 e. The normalized spacial score (nSPS) is 15.7. The zero-order valence-electron chi connectivity index (χ0n) is 11.4. The van der Waals surface area contributed by atoms with Crippen molar-refractivity contribution in [3.8, 4) is 0 Å². The molecule has 0 atom stereocenters. The van der Waals surface area contributed by atoms with Crippen molar-refractivity contribution in [1.82, 2.24) is 15.6 Å². The van der Waals surface area contributed by atoms with Crippen molar-refractivity contribution in [2.24, 2.45) is 5.41 Å². The second-order valence-electron chi connectivity index (χ2n) is 5.97. The summed E-state index contributed by atoms with van der Waals surface area (Å²) in [5, 5.41) is 2.95. The summed E-state index contributed by atoms with van der Waals surface area (Å²) in [6.07, 6.45) is 6.55. The third-order valence-corrected chi connectivity index (χ3v) is 2.95. The standard InChI is InChI=1S/C14H18N4O/c1-14(2,3)8-10-9-18(17-19-10)12-5-7-16-13-11(12)4-6-15-13/h4-7,9,17H,8H2,1-3H3,(H,15,16). The molecule has 1 aliphatic heterocycles. The number of H-pyrrole nitrogens is 1. The Bertz CT molecular complexity index is 624. The molecule has 0 spiro atoms. The van der Waals surface area contributed by atoms with E-state index in [1.165, 1.54) is 0 Å². The van der Waals surface area contributed by atoms with Crippen molar-refractivity contribution >= 4 is 16.7 Å². The van der Waals surface area contributed by atoms with E-state index >= 15 is 0 Å². The molecule has 2 N–H and O–H groups in total. The van der Waals surface area contributed by atoms with Crippen LogP contribution < -0.4 is 10.6 Å².